The Hall–Kier alpha value is -3.73. The first kappa shape index (κ1) is 20.0. The number of rotatable bonds is 6. The van der Waals surface area contributed by atoms with Gasteiger partial charge in [0.25, 0.3) is 17.3 Å². The number of benzene rings is 2. The predicted octanol–water partition coefficient (Wildman–Crippen LogP) is 3.95. The Kier molecular flexibility index (Phi) is 5.59. The van der Waals surface area contributed by atoms with E-state index in [1.54, 1.807) is 30.5 Å². The van der Waals surface area contributed by atoms with E-state index in [9.17, 15) is 25.0 Å². The molecule has 0 fully saturated rings. The predicted molar refractivity (Wildman–Crippen MR) is 106 cm³/mol. The third-order valence-corrected chi connectivity index (χ3v) is 5.20. The maximum absolute atomic E-state index is 12.6. The van der Waals surface area contributed by atoms with Gasteiger partial charge in [0.1, 0.15) is 0 Å². The molecule has 0 saturated heterocycles. The van der Waals surface area contributed by atoms with Crippen LogP contribution in [0.3, 0.4) is 0 Å². The van der Waals surface area contributed by atoms with Crippen LogP contribution >= 0.6 is 11.8 Å². The number of imidazole rings is 1. The van der Waals surface area contributed by atoms with E-state index in [0.29, 0.717) is 5.69 Å². The van der Waals surface area contributed by atoms with Crippen LogP contribution in [0.5, 0.6) is 0 Å². The lowest BCUT2D eigenvalue weighted by Crippen LogP contribution is -2.14. The summed E-state index contributed by atoms with van der Waals surface area (Å²) in [7, 11) is 1.88. The summed E-state index contributed by atoms with van der Waals surface area (Å²) in [5, 5.41) is 25.6. The van der Waals surface area contributed by atoms with Crippen LogP contribution in [0, 0.1) is 27.2 Å². The minimum Gasteiger partial charge on any atom is -0.329 e. The Bertz CT molecular complexity index is 1110. The van der Waals surface area contributed by atoms with E-state index in [4.69, 9.17) is 0 Å². The van der Waals surface area contributed by atoms with E-state index in [2.05, 4.69) is 10.3 Å². The smallest absolute Gasteiger partial charge is 0.279 e. The van der Waals surface area contributed by atoms with Crippen LogP contribution in [0.15, 0.2) is 58.8 Å². The Morgan fingerprint density at radius 3 is 2.38 bits per heavy atom. The normalized spacial score (nSPS) is 10.6. The van der Waals surface area contributed by atoms with Gasteiger partial charge in [-0.25, -0.2) is 4.98 Å². The van der Waals surface area contributed by atoms with Gasteiger partial charge in [-0.15, -0.1) is 0 Å². The number of nitrogens with zero attached hydrogens (tertiary/aromatic N) is 4. The Morgan fingerprint density at radius 1 is 1.14 bits per heavy atom. The summed E-state index contributed by atoms with van der Waals surface area (Å²) in [4.78, 5) is 38.4. The number of aromatic nitrogens is 2. The first-order valence-corrected chi connectivity index (χ1v) is 9.08. The summed E-state index contributed by atoms with van der Waals surface area (Å²) in [6.45, 7) is 1.38. The number of nitro groups is 2. The Morgan fingerprint density at radius 2 is 1.83 bits per heavy atom. The van der Waals surface area contributed by atoms with E-state index < -0.39 is 27.1 Å². The van der Waals surface area contributed by atoms with Gasteiger partial charge in [0.15, 0.2) is 5.16 Å². The highest BCUT2D eigenvalue weighted by Crippen LogP contribution is 2.30. The zero-order valence-electron chi connectivity index (χ0n) is 15.4. The third kappa shape index (κ3) is 4.41. The molecule has 0 unspecified atom stereocenters. The topological polar surface area (TPSA) is 133 Å². The van der Waals surface area contributed by atoms with Crippen molar-refractivity contribution < 1.29 is 14.6 Å². The highest BCUT2D eigenvalue weighted by Gasteiger charge is 2.24. The number of nitrogens with one attached hydrogen (secondary N) is 1. The first-order valence-electron chi connectivity index (χ1n) is 8.26. The third-order valence-electron chi connectivity index (χ3n) is 4.12. The lowest BCUT2D eigenvalue weighted by atomic mass is 10.0. The minimum absolute atomic E-state index is 0.0556. The van der Waals surface area contributed by atoms with E-state index in [1.165, 1.54) is 18.7 Å². The average Bonchev–Trinajstić information content (AvgIpc) is 3.07. The van der Waals surface area contributed by atoms with Gasteiger partial charge in [0, 0.05) is 41.7 Å². The second-order valence-corrected chi connectivity index (χ2v) is 7.09. The molecule has 2 aromatic carbocycles. The molecular formula is C18H15N5O5S. The van der Waals surface area contributed by atoms with Gasteiger partial charge in [-0.1, -0.05) is 11.8 Å². The number of non-ortho nitro benzene ring substituents is 1. The number of aryl methyl sites for hydroxylation is 1. The quantitative estimate of drug-likeness (QED) is 0.478. The van der Waals surface area contributed by atoms with E-state index in [0.717, 1.165) is 22.2 Å². The van der Waals surface area contributed by atoms with Crippen molar-refractivity contribution in [3.8, 4) is 0 Å². The molecule has 10 nitrogen and oxygen atoms in total. The van der Waals surface area contributed by atoms with Crippen LogP contribution in [0.4, 0.5) is 17.1 Å². The molecule has 148 valence electrons. The number of nitro benzene ring substituents is 2. The molecule has 29 heavy (non-hydrogen) atoms. The fourth-order valence-electron chi connectivity index (χ4n) is 2.58. The van der Waals surface area contributed by atoms with Gasteiger partial charge in [-0.2, -0.15) is 0 Å². The van der Waals surface area contributed by atoms with Gasteiger partial charge in [-0.3, -0.25) is 25.0 Å². The van der Waals surface area contributed by atoms with Crippen molar-refractivity contribution in [3.05, 3.63) is 80.1 Å². The SMILES string of the molecule is Cc1c(C(=O)Nc2ccc(Sc3nccn3C)cc2)cc([N+](=O)[O-])cc1[N+](=O)[O-]. The van der Waals surface area contributed by atoms with E-state index in [-0.39, 0.29) is 11.1 Å². The lowest BCUT2D eigenvalue weighted by molar-refractivity contribution is -0.394. The second kappa shape index (κ2) is 8.10. The van der Waals surface area contributed by atoms with Gasteiger partial charge in [0.2, 0.25) is 0 Å². The lowest BCUT2D eigenvalue weighted by Gasteiger charge is -2.09. The summed E-state index contributed by atoms with van der Waals surface area (Å²) < 4.78 is 1.87. The van der Waals surface area contributed by atoms with E-state index in [1.807, 2.05) is 17.8 Å². The molecule has 1 aromatic heterocycles. The summed E-state index contributed by atoms with van der Waals surface area (Å²) in [6.07, 6.45) is 3.52. The maximum Gasteiger partial charge on any atom is 0.279 e. The molecule has 0 aliphatic heterocycles. The van der Waals surface area contributed by atoms with Crippen molar-refractivity contribution in [2.75, 3.05) is 5.32 Å². The highest BCUT2D eigenvalue weighted by molar-refractivity contribution is 7.99. The fraction of sp³-hybridized carbons (Fsp3) is 0.111. The molecular weight excluding hydrogens is 398 g/mol. The fourth-order valence-corrected chi connectivity index (χ4v) is 3.38. The molecule has 0 bridgehead atoms. The molecule has 3 rings (SSSR count). The molecule has 11 heteroatoms. The zero-order valence-corrected chi connectivity index (χ0v) is 16.2. The molecule has 0 aliphatic rings. The van der Waals surface area contributed by atoms with Gasteiger partial charge in [-0.05, 0) is 31.2 Å². The molecule has 1 amide bonds. The van der Waals surface area contributed by atoms with Crippen molar-refractivity contribution in [3.63, 3.8) is 0 Å². The Balaban J connectivity index is 1.82. The van der Waals surface area contributed by atoms with Crippen molar-refractivity contribution in [1.82, 2.24) is 9.55 Å². The molecule has 0 spiro atoms. The summed E-state index contributed by atoms with van der Waals surface area (Å²) in [5.74, 6) is -0.668. The molecule has 1 N–H and O–H groups in total. The molecule has 0 aliphatic carbocycles. The van der Waals surface area contributed by atoms with Crippen LogP contribution in [-0.4, -0.2) is 25.3 Å². The number of hydrogen-bond acceptors (Lipinski definition) is 7. The second-order valence-electron chi connectivity index (χ2n) is 6.05. The van der Waals surface area contributed by atoms with Crippen LogP contribution in [0.25, 0.3) is 0 Å². The monoisotopic (exact) mass is 413 g/mol. The van der Waals surface area contributed by atoms with Crippen molar-refractivity contribution >= 4 is 34.7 Å². The van der Waals surface area contributed by atoms with E-state index >= 15 is 0 Å². The minimum atomic E-state index is -0.771. The Labute approximate surface area is 168 Å². The largest absolute Gasteiger partial charge is 0.329 e. The average molecular weight is 413 g/mol. The molecule has 3 aromatic rings. The number of carbonyl (C=O) groups excluding carboxylic acids is 1. The van der Waals surface area contributed by atoms with Crippen LogP contribution in [0.1, 0.15) is 15.9 Å². The van der Waals surface area contributed by atoms with Crippen molar-refractivity contribution in [2.45, 2.75) is 17.0 Å². The van der Waals surface area contributed by atoms with Gasteiger partial charge in [0.05, 0.1) is 21.5 Å². The standard InChI is InChI=1S/C18H15N5O5S/c1-11-15(9-13(22(25)26)10-16(11)23(27)28)17(24)20-12-3-5-14(6-4-12)29-18-19-7-8-21(18)2/h3-10H,1-2H3,(H,20,24). The number of hydrogen-bond donors (Lipinski definition) is 1. The maximum atomic E-state index is 12.6. The molecule has 0 saturated carbocycles. The van der Waals surface area contributed by atoms with Crippen LogP contribution in [-0.2, 0) is 7.05 Å². The summed E-state index contributed by atoms with van der Waals surface area (Å²) in [6, 6.07) is 8.79. The molecule has 1 heterocycles. The molecule has 0 atom stereocenters. The number of amides is 1. The van der Waals surface area contributed by atoms with Gasteiger partial charge < -0.3 is 9.88 Å². The highest BCUT2D eigenvalue weighted by atomic mass is 32.2. The van der Waals surface area contributed by atoms with Crippen LogP contribution in [0.2, 0.25) is 0 Å². The number of carbonyl (C=O) groups is 1. The van der Waals surface area contributed by atoms with Crippen molar-refractivity contribution in [1.29, 1.82) is 0 Å². The molecule has 0 radical (unpaired) electrons. The van der Waals surface area contributed by atoms with Gasteiger partial charge >= 0.3 is 0 Å². The van der Waals surface area contributed by atoms with Crippen LogP contribution < -0.4 is 5.32 Å². The first-order chi connectivity index (χ1) is 13.8. The zero-order chi connectivity index (χ0) is 21.1. The summed E-state index contributed by atoms with van der Waals surface area (Å²) in [5.41, 5.74) is -0.620. The number of anilines is 1. The van der Waals surface area contributed by atoms with Crippen molar-refractivity contribution in [2.24, 2.45) is 7.05 Å². The summed E-state index contributed by atoms with van der Waals surface area (Å²) >= 11 is 1.45.